The molecule has 6 nitrogen and oxygen atoms in total. The topological polar surface area (TPSA) is 48.9 Å². The molecule has 138 valence electrons. The lowest BCUT2D eigenvalue weighted by Gasteiger charge is -2.55. The van der Waals surface area contributed by atoms with Crippen LogP contribution in [0.25, 0.3) is 0 Å². The van der Waals surface area contributed by atoms with Gasteiger partial charge in [0.1, 0.15) is 16.7 Å². The van der Waals surface area contributed by atoms with Crippen molar-refractivity contribution in [1.29, 1.82) is 0 Å². The van der Waals surface area contributed by atoms with E-state index in [4.69, 9.17) is 4.74 Å². The van der Waals surface area contributed by atoms with Gasteiger partial charge in [0.15, 0.2) is 0 Å². The van der Waals surface area contributed by atoms with Gasteiger partial charge in [-0.1, -0.05) is 0 Å². The molecule has 4 rings (SSSR count). The van der Waals surface area contributed by atoms with Gasteiger partial charge in [0.05, 0.1) is 13.2 Å². The van der Waals surface area contributed by atoms with E-state index in [1.807, 2.05) is 21.0 Å². The lowest BCUT2D eigenvalue weighted by Crippen LogP contribution is -2.72. The molecule has 3 heterocycles. The molecule has 2 saturated heterocycles. The summed E-state index contributed by atoms with van der Waals surface area (Å²) in [6.45, 7) is 7.27. The molecule has 1 atom stereocenters. The Morgan fingerprint density at radius 1 is 1.40 bits per heavy atom. The molecule has 1 spiro atoms. The molecule has 1 amide bonds. The van der Waals surface area contributed by atoms with Crippen molar-refractivity contribution in [2.24, 2.45) is 5.92 Å². The summed E-state index contributed by atoms with van der Waals surface area (Å²) >= 11 is 1.73. The maximum atomic E-state index is 12.5. The Morgan fingerprint density at radius 3 is 2.76 bits per heavy atom. The number of carbonyl (C=O) groups is 1. The van der Waals surface area contributed by atoms with Crippen LogP contribution in [-0.4, -0.2) is 84.1 Å². The summed E-state index contributed by atoms with van der Waals surface area (Å²) in [7, 11) is 3.67. The maximum absolute atomic E-state index is 12.5. The van der Waals surface area contributed by atoms with Gasteiger partial charge < -0.3 is 9.64 Å². The predicted octanol–water partition coefficient (Wildman–Crippen LogP) is 1.20. The molecule has 7 heteroatoms. The van der Waals surface area contributed by atoms with Crippen molar-refractivity contribution in [2.45, 2.75) is 38.0 Å². The normalized spacial score (nSPS) is 26.6. The van der Waals surface area contributed by atoms with Crippen molar-refractivity contribution in [3.8, 4) is 0 Å². The average molecular weight is 365 g/mol. The molecule has 0 aromatic carbocycles. The molecule has 3 aliphatic rings. The van der Waals surface area contributed by atoms with Gasteiger partial charge >= 0.3 is 0 Å². The third-order valence-electron chi connectivity index (χ3n) is 5.44. The van der Waals surface area contributed by atoms with Crippen molar-refractivity contribution in [3.05, 3.63) is 16.1 Å². The number of thiazole rings is 1. The standard InChI is InChI=1S/C18H28N4O2S/c1-13-9-25-16(19-13)7-21-10-18(11-21)12-22(6-14-4-5-14)15(8-24-18)17(23)20(2)3/h9,14-15H,4-8,10-12H2,1-3H3. The molecule has 0 N–H and O–H groups in total. The van der Waals surface area contributed by atoms with E-state index in [1.54, 1.807) is 16.2 Å². The first kappa shape index (κ1) is 17.4. The lowest BCUT2D eigenvalue weighted by molar-refractivity contribution is -0.205. The first-order valence-corrected chi connectivity index (χ1v) is 10.0. The van der Waals surface area contributed by atoms with E-state index in [-0.39, 0.29) is 17.6 Å². The second-order valence-electron chi connectivity index (χ2n) is 8.14. The molecule has 1 aromatic heterocycles. The summed E-state index contributed by atoms with van der Waals surface area (Å²) in [6, 6.07) is -0.114. The fourth-order valence-corrected chi connectivity index (χ4v) is 4.79. The number of likely N-dealkylation sites (N-methyl/N-ethyl adjacent to an activating group) is 1. The Labute approximate surface area is 153 Å². The van der Waals surface area contributed by atoms with Crippen molar-refractivity contribution >= 4 is 17.2 Å². The van der Waals surface area contributed by atoms with Gasteiger partial charge in [0, 0.05) is 51.3 Å². The highest BCUT2D eigenvalue weighted by molar-refractivity contribution is 7.09. The molecule has 0 radical (unpaired) electrons. The molecule has 2 aliphatic heterocycles. The lowest BCUT2D eigenvalue weighted by atomic mass is 9.90. The van der Waals surface area contributed by atoms with E-state index >= 15 is 0 Å². The monoisotopic (exact) mass is 364 g/mol. The zero-order valence-electron chi connectivity index (χ0n) is 15.4. The Hall–Kier alpha value is -1.02. The first-order chi connectivity index (χ1) is 11.9. The molecule has 1 unspecified atom stereocenters. The molecular formula is C18H28N4O2S. The van der Waals surface area contributed by atoms with Crippen LogP contribution in [0.1, 0.15) is 23.5 Å². The third-order valence-corrected chi connectivity index (χ3v) is 6.40. The minimum absolute atomic E-state index is 0.0930. The van der Waals surface area contributed by atoms with Crippen LogP contribution >= 0.6 is 11.3 Å². The Morgan fingerprint density at radius 2 is 2.16 bits per heavy atom. The van der Waals surface area contributed by atoms with Crippen LogP contribution in [0.4, 0.5) is 0 Å². The Bertz CT molecular complexity index is 637. The number of rotatable bonds is 5. The van der Waals surface area contributed by atoms with Gasteiger partial charge in [0.2, 0.25) is 5.91 Å². The highest BCUT2D eigenvalue weighted by atomic mass is 32.1. The summed E-state index contributed by atoms with van der Waals surface area (Å²) < 4.78 is 6.24. The second-order valence-corrected chi connectivity index (χ2v) is 9.09. The number of nitrogens with zero attached hydrogens (tertiary/aromatic N) is 4. The number of hydrogen-bond acceptors (Lipinski definition) is 6. The minimum Gasteiger partial charge on any atom is -0.369 e. The van der Waals surface area contributed by atoms with E-state index in [2.05, 4.69) is 20.2 Å². The summed E-state index contributed by atoms with van der Waals surface area (Å²) in [5, 5.41) is 3.29. The molecule has 1 saturated carbocycles. The van der Waals surface area contributed by atoms with E-state index in [0.29, 0.717) is 6.61 Å². The van der Waals surface area contributed by atoms with Crippen LogP contribution in [0.5, 0.6) is 0 Å². The number of amides is 1. The number of aryl methyl sites for hydroxylation is 1. The molecule has 1 aliphatic carbocycles. The van der Waals surface area contributed by atoms with Crippen molar-refractivity contribution < 1.29 is 9.53 Å². The summed E-state index contributed by atoms with van der Waals surface area (Å²) in [5.41, 5.74) is 1.01. The number of ether oxygens (including phenoxy) is 1. The molecular weight excluding hydrogens is 336 g/mol. The highest BCUT2D eigenvalue weighted by Gasteiger charge is 2.51. The summed E-state index contributed by atoms with van der Waals surface area (Å²) in [5.74, 6) is 0.951. The van der Waals surface area contributed by atoms with E-state index < -0.39 is 0 Å². The maximum Gasteiger partial charge on any atom is 0.241 e. The average Bonchev–Trinajstić information content (AvgIpc) is 3.25. The Kier molecular flexibility index (Phi) is 4.60. The largest absolute Gasteiger partial charge is 0.369 e. The van der Waals surface area contributed by atoms with Crippen molar-refractivity contribution in [2.75, 3.05) is 46.9 Å². The number of aromatic nitrogens is 1. The van der Waals surface area contributed by atoms with Gasteiger partial charge in [-0.2, -0.15) is 0 Å². The van der Waals surface area contributed by atoms with Crippen LogP contribution < -0.4 is 0 Å². The number of morpholine rings is 1. The van der Waals surface area contributed by atoms with E-state index in [1.165, 1.54) is 17.8 Å². The van der Waals surface area contributed by atoms with Crippen LogP contribution in [0.2, 0.25) is 0 Å². The molecule has 3 fully saturated rings. The highest BCUT2D eigenvalue weighted by Crippen LogP contribution is 2.36. The van der Waals surface area contributed by atoms with Gasteiger partial charge in [-0.15, -0.1) is 11.3 Å². The van der Waals surface area contributed by atoms with Crippen LogP contribution in [-0.2, 0) is 16.1 Å². The third kappa shape index (κ3) is 3.74. The number of hydrogen-bond donors (Lipinski definition) is 0. The fraction of sp³-hybridized carbons (Fsp3) is 0.778. The number of likely N-dealkylation sites (tertiary alicyclic amines) is 1. The van der Waals surface area contributed by atoms with Gasteiger partial charge in [-0.3, -0.25) is 14.6 Å². The minimum atomic E-state index is -0.114. The van der Waals surface area contributed by atoms with Crippen LogP contribution in [0.15, 0.2) is 5.38 Å². The quantitative estimate of drug-likeness (QED) is 0.786. The molecule has 1 aromatic rings. The van der Waals surface area contributed by atoms with Crippen LogP contribution in [0.3, 0.4) is 0 Å². The van der Waals surface area contributed by atoms with E-state index in [9.17, 15) is 4.79 Å². The van der Waals surface area contributed by atoms with Crippen molar-refractivity contribution in [3.63, 3.8) is 0 Å². The van der Waals surface area contributed by atoms with Crippen LogP contribution in [0, 0.1) is 12.8 Å². The van der Waals surface area contributed by atoms with Gasteiger partial charge in [-0.05, 0) is 25.7 Å². The predicted molar refractivity (Wildman–Crippen MR) is 97.6 cm³/mol. The number of carbonyl (C=O) groups excluding carboxylic acids is 1. The van der Waals surface area contributed by atoms with E-state index in [0.717, 1.165) is 44.3 Å². The zero-order valence-corrected chi connectivity index (χ0v) is 16.2. The second kappa shape index (κ2) is 6.61. The molecule has 0 bridgehead atoms. The zero-order chi connectivity index (χ0) is 17.6. The molecule has 25 heavy (non-hydrogen) atoms. The van der Waals surface area contributed by atoms with Gasteiger partial charge in [0.25, 0.3) is 0 Å². The SMILES string of the molecule is Cc1csc(CN2CC3(C2)CN(CC2CC2)C(C(=O)N(C)C)CO3)n1. The first-order valence-electron chi connectivity index (χ1n) is 9.17. The van der Waals surface area contributed by atoms with Crippen molar-refractivity contribution in [1.82, 2.24) is 19.7 Å². The fourth-order valence-electron chi connectivity index (χ4n) is 3.97. The smallest absolute Gasteiger partial charge is 0.241 e. The Balaban J connectivity index is 1.37. The van der Waals surface area contributed by atoms with Gasteiger partial charge in [-0.25, -0.2) is 4.98 Å². The summed E-state index contributed by atoms with van der Waals surface area (Å²) in [6.07, 6.45) is 2.62. The summed E-state index contributed by atoms with van der Waals surface area (Å²) in [4.78, 5) is 23.6.